The Labute approximate surface area is 99.9 Å². The van der Waals surface area contributed by atoms with E-state index in [2.05, 4.69) is 5.32 Å². The van der Waals surface area contributed by atoms with E-state index in [1.54, 1.807) is 0 Å². The molecule has 0 saturated carbocycles. The van der Waals surface area contributed by atoms with E-state index in [0.29, 0.717) is 12.3 Å². The SMILES string of the molecule is NCC1(CC(=O)O)NC=C(C(F)(F)F)C=C1Cl. The minimum Gasteiger partial charge on any atom is -0.481 e. The lowest BCUT2D eigenvalue weighted by molar-refractivity contribution is -0.138. The number of aliphatic carboxylic acids is 1. The van der Waals surface area contributed by atoms with Crippen LogP contribution in [-0.2, 0) is 4.79 Å². The molecule has 0 saturated heterocycles. The predicted octanol–water partition coefficient (Wildman–Crippen LogP) is 1.33. The summed E-state index contributed by atoms with van der Waals surface area (Å²) in [5, 5.41) is 10.7. The summed E-state index contributed by atoms with van der Waals surface area (Å²) in [6, 6.07) is 0. The summed E-state index contributed by atoms with van der Waals surface area (Å²) in [4.78, 5) is 10.6. The van der Waals surface area contributed by atoms with E-state index in [1.807, 2.05) is 0 Å². The van der Waals surface area contributed by atoms with Gasteiger partial charge in [-0.1, -0.05) is 11.6 Å². The van der Waals surface area contributed by atoms with Gasteiger partial charge in [-0.15, -0.1) is 0 Å². The lowest BCUT2D eigenvalue weighted by Gasteiger charge is -2.34. The van der Waals surface area contributed by atoms with Gasteiger partial charge in [-0.25, -0.2) is 0 Å². The minimum absolute atomic E-state index is 0.226. The molecule has 0 aromatic rings. The fraction of sp³-hybridized carbons (Fsp3) is 0.444. The molecule has 17 heavy (non-hydrogen) atoms. The molecular formula is C9H10ClF3N2O2. The first-order valence-corrected chi connectivity index (χ1v) is 4.94. The molecule has 0 amide bonds. The highest BCUT2D eigenvalue weighted by atomic mass is 35.5. The zero-order valence-corrected chi connectivity index (χ0v) is 9.27. The fourth-order valence-corrected chi connectivity index (χ4v) is 1.70. The summed E-state index contributed by atoms with van der Waals surface area (Å²) in [6.45, 7) is -0.226. The average molecular weight is 271 g/mol. The van der Waals surface area contributed by atoms with Crippen LogP contribution in [0.1, 0.15) is 6.42 Å². The Bertz CT molecular complexity index is 392. The number of hydrogen-bond acceptors (Lipinski definition) is 3. The number of halogens is 4. The number of carboxylic acid groups (broad SMARTS) is 1. The van der Waals surface area contributed by atoms with Crippen molar-refractivity contribution >= 4 is 17.6 Å². The van der Waals surface area contributed by atoms with Crippen molar-refractivity contribution in [3.8, 4) is 0 Å². The number of carboxylic acids is 1. The van der Waals surface area contributed by atoms with Crippen LogP contribution >= 0.6 is 11.6 Å². The third-order valence-corrected chi connectivity index (χ3v) is 2.84. The number of alkyl halides is 3. The molecule has 1 rings (SSSR count). The highest BCUT2D eigenvalue weighted by Crippen LogP contribution is 2.35. The Morgan fingerprint density at radius 1 is 1.59 bits per heavy atom. The number of nitrogens with two attached hydrogens (primary N) is 1. The van der Waals surface area contributed by atoms with E-state index < -0.39 is 29.7 Å². The van der Waals surface area contributed by atoms with Gasteiger partial charge in [-0.2, -0.15) is 13.2 Å². The van der Waals surface area contributed by atoms with Crippen molar-refractivity contribution in [1.29, 1.82) is 0 Å². The van der Waals surface area contributed by atoms with Crippen LogP contribution in [0, 0.1) is 0 Å². The van der Waals surface area contributed by atoms with Crippen LogP contribution in [0.25, 0.3) is 0 Å². The van der Waals surface area contributed by atoms with Gasteiger partial charge in [0.1, 0.15) is 0 Å². The third kappa shape index (κ3) is 2.92. The second-order valence-electron chi connectivity index (χ2n) is 3.59. The minimum atomic E-state index is -4.54. The molecule has 0 aliphatic carbocycles. The number of allylic oxidation sites excluding steroid dienone is 2. The first kappa shape index (κ1) is 13.9. The van der Waals surface area contributed by atoms with Gasteiger partial charge in [0.2, 0.25) is 0 Å². The van der Waals surface area contributed by atoms with Crippen molar-refractivity contribution in [2.75, 3.05) is 6.54 Å². The molecule has 1 aliphatic heterocycles. The van der Waals surface area contributed by atoms with Gasteiger partial charge >= 0.3 is 12.1 Å². The van der Waals surface area contributed by atoms with Crippen molar-refractivity contribution in [3.05, 3.63) is 22.9 Å². The highest BCUT2D eigenvalue weighted by molar-refractivity contribution is 6.31. The molecule has 1 aliphatic rings. The zero-order valence-electron chi connectivity index (χ0n) is 8.51. The largest absolute Gasteiger partial charge is 0.481 e. The maximum absolute atomic E-state index is 12.4. The summed E-state index contributed by atoms with van der Waals surface area (Å²) in [5.41, 5.74) is 3.02. The van der Waals surface area contributed by atoms with Crippen LogP contribution in [0.15, 0.2) is 22.9 Å². The predicted molar refractivity (Wildman–Crippen MR) is 55.2 cm³/mol. The number of nitrogens with one attached hydrogen (secondary N) is 1. The van der Waals surface area contributed by atoms with Crippen LogP contribution in [-0.4, -0.2) is 29.3 Å². The van der Waals surface area contributed by atoms with Crippen molar-refractivity contribution in [2.24, 2.45) is 5.73 Å². The van der Waals surface area contributed by atoms with E-state index >= 15 is 0 Å². The van der Waals surface area contributed by atoms with E-state index in [4.69, 9.17) is 22.4 Å². The quantitative estimate of drug-likeness (QED) is 0.723. The highest BCUT2D eigenvalue weighted by Gasteiger charge is 2.41. The monoisotopic (exact) mass is 270 g/mol. The second kappa shape index (κ2) is 4.58. The summed E-state index contributed by atoms with van der Waals surface area (Å²) in [7, 11) is 0. The Morgan fingerprint density at radius 2 is 2.18 bits per heavy atom. The summed E-state index contributed by atoms with van der Waals surface area (Å²) in [6.07, 6.45) is -3.67. The fourth-order valence-electron chi connectivity index (χ4n) is 1.39. The average Bonchev–Trinajstić information content (AvgIpc) is 2.19. The summed E-state index contributed by atoms with van der Waals surface area (Å²) in [5.74, 6) is -1.21. The maximum Gasteiger partial charge on any atom is 0.417 e. The molecule has 4 nitrogen and oxygen atoms in total. The third-order valence-electron chi connectivity index (χ3n) is 2.37. The molecule has 1 heterocycles. The second-order valence-corrected chi connectivity index (χ2v) is 4.00. The molecule has 1 unspecified atom stereocenters. The number of dihydropyridines is 1. The standard InChI is InChI=1S/C9H10ClF3N2O2/c10-6-1-5(9(11,12)13)3-15-8(6,4-14)2-7(16)17/h1,3,15H,2,4,14H2,(H,16,17). The topological polar surface area (TPSA) is 75.4 Å². The molecule has 0 radical (unpaired) electrons. The Balaban J connectivity index is 3.02. The molecule has 1 atom stereocenters. The molecule has 96 valence electrons. The van der Waals surface area contributed by atoms with Gasteiger partial charge < -0.3 is 16.2 Å². The number of rotatable bonds is 3. The molecule has 0 spiro atoms. The molecule has 0 bridgehead atoms. The number of carbonyl (C=O) groups is 1. The van der Waals surface area contributed by atoms with Gasteiger partial charge in [-0.05, 0) is 6.08 Å². The van der Waals surface area contributed by atoms with E-state index in [-0.39, 0.29) is 11.6 Å². The van der Waals surface area contributed by atoms with Crippen molar-refractivity contribution < 1.29 is 23.1 Å². The smallest absolute Gasteiger partial charge is 0.417 e. The zero-order chi connectivity index (χ0) is 13.3. The first-order chi connectivity index (χ1) is 7.71. The van der Waals surface area contributed by atoms with Crippen LogP contribution < -0.4 is 11.1 Å². The van der Waals surface area contributed by atoms with Crippen LogP contribution in [0.5, 0.6) is 0 Å². The maximum atomic E-state index is 12.4. The first-order valence-electron chi connectivity index (χ1n) is 4.56. The molecule has 0 fully saturated rings. The van der Waals surface area contributed by atoms with E-state index in [1.165, 1.54) is 0 Å². The van der Waals surface area contributed by atoms with Crippen molar-refractivity contribution in [2.45, 2.75) is 18.1 Å². The lowest BCUT2D eigenvalue weighted by Crippen LogP contribution is -2.52. The van der Waals surface area contributed by atoms with E-state index in [0.717, 1.165) is 0 Å². The Kier molecular flexibility index (Phi) is 3.73. The van der Waals surface area contributed by atoms with E-state index in [9.17, 15) is 18.0 Å². The van der Waals surface area contributed by atoms with Crippen LogP contribution in [0.4, 0.5) is 13.2 Å². The molecule has 0 aromatic carbocycles. The summed E-state index contributed by atoms with van der Waals surface area (Å²) >= 11 is 5.70. The van der Waals surface area contributed by atoms with Gasteiger partial charge in [0.05, 0.1) is 17.5 Å². The Morgan fingerprint density at radius 3 is 2.53 bits per heavy atom. The van der Waals surface area contributed by atoms with Crippen molar-refractivity contribution in [1.82, 2.24) is 5.32 Å². The van der Waals surface area contributed by atoms with Gasteiger partial charge in [0, 0.05) is 17.8 Å². The summed E-state index contributed by atoms with van der Waals surface area (Å²) < 4.78 is 37.1. The normalized spacial score (nSPS) is 24.8. The number of hydrogen-bond donors (Lipinski definition) is 3. The van der Waals surface area contributed by atoms with Crippen LogP contribution in [0.2, 0.25) is 0 Å². The molecule has 8 heteroatoms. The van der Waals surface area contributed by atoms with Gasteiger partial charge in [0.25, 0.3) is 0 Å². The molecule has 0 aromatic heterocycles. The lowest BCUT2D eigenvalue weighted by atomic mass is 9.91. The Hall–Kier alpha value is -1.21. The molecular weight excluding hydrogens is 261 g/mol. The van der Waals surface area contributed by atoms with Crippen molar-refractivity contribution in [3.63, 3.8) is 0 Å². The molecule has 4 N–H and O–H groups in total. The van der Waals surface area contributed by atoms with Gasteiger partial charge in [0.15, 0.2) is 0 Å². The van der Waals surface area contributed by atoms with Crippen LogP contribution in [0.3, 0.4) is 0 Å². The van der Waals surface area contributed by atoms with Gasteiger partial charge in [-0.3, -0.25) is 4.79 Å².